The van der Waals surface area contributed by atoms with E-state index in [0.717, 1.165) is 13.0 Å². The highest BCUT2D eigenvalue weighted by Gasteiger charge is 2.21. The molecule has 5 aromatic rings. The van der Waals surface area contributed by atoms with Crippen molar-refractivity contribution in [2.75, 3.05) is 0 Å². The summed E-state index contributed by atoms with van der Waals surface area (Å²) in [5.74, 6) is 0. The molecule has 4 aromatic carbocycles. The first-order valence-electron chi connectivity index (χ1n) is 9.40. The van der Waals surface area contributed by atoms with Crippen molar-refractivity contribution in [3.8, 4) is 11.1 Å². The van der Waals surface area contributed by atoms with Gasteiger partial charge in [-0.25, -0.2) is 0 Å². The zero-order chi connectivity index (χ0) is 17.3. The number of hydrogen-bond donors (Lipinski definition) is 0. The van der Waals surface area contributed by atoms with Crippen LogP contribution in [0.3, 0.4) is 0 Å². The van der Waals surface area contributed by atoms with Gasteiger partial charge < -0.3 is 4.57 Å². The molecular weight excluding hydrogens is 314 g/mol. The second kappa shape index (κ2) is 4.98. The molecule has 0 saturated carbocycles. The molecule has 1 aromatic heterocycles. The van der Waals surface area contributed by atoms with E-state index in [-0.39, 0.29) is 0 Å². The fraction of sp³-hybridized carbons (Fsp3) is 0.120. The van der Waals surface area contributed by atoms with Gasteiger partial charge in [-0.1, -0.05) is 54.6 Å². The van der Waals surface area contributed by atoms with Gasteiger partial charge in [0.1, 0.15) is 0 Å². The summed E-state index contributed by atoms with van der Waals surface area (Å²) in [5.41, 5.74) is 8.42. The Morgan fingerprint density at radius 1 is 0.731 bits per heavy atom. The van der Waals surface area contributed by atoms with Crippen LogP contribution in [-0.4, -0.2) is 4.57 Å². The Morgan fingerprint density at radius 2 is 1.58 bits per heavy atom. The Morgan fingerprint density at radius 3 is 2.50 bits per heavy atom. The summed E-state index contributed by atoms with van der Waals surface area (Å²) in [7, 11) is 0. The Bertz CT molecular complexity index is 1340. The zero-order valence-corrected chi connectivity index (χ0v) is 14.8. The Labute approximate surface area is 152 Å². The number of benzene rings is 4. The minimum absolute atomic E-state index is 0.989. The number of rotatable bonds is 1. The first-order chi connectivity index (χ1) is 12.8. The molecule has 0 aliphatic heterocycles. The van der Waals surface area contributed by atoms with Crippen LogP contribution in [0.25, 0.3) is 43.7 Å². The molecule has 0 saturated heterocycles. The van der Waals surface area contributed by atoms with Crippen LogP contribution in [0.1, 0.15) is 18.1 Å². The number of para-hydroxylation sites is 1. The van der Waals surface area contributed by atoms with Crippen molar-refractivity contribution in [2.45, 2.75) is 19.9 Å². The van der Waals surface area contributed by atoms with Crippen LogP contribution in [0.15, 0.2) is 72.8 Å². The van der Waals surface area contributed by atoms with Crippen LogP contribution in [0.4, 0.5) is 0 Å². The smallest absolute Gasteiger partial charge is 0.0497 e. The van der Waals surface area contributed by atoms with Crippen LogP contribution in [0.5, 0.6) is 0 Å². The number of fused-ring (bicyclic) bond motifs is 8. The molecule has 1 heteroatoms. The van der Waals surface area contributed by atoms with Crippen molar-refractivity contribution in [3.63, 3.8) is 0 Å². The van der Waals surface area contributed by atoms with E-state index >= 15 is 0 Å². The lowest BCUT2D eigenvalue weighted by atomic mass is 9.96. The van der Waals surface area contributed by atoms with E-state index in [1.165, 1.54) is 54.8 Å². The molecule has 1 aliphatic carbocycles. The highest BCUT2D eigenvalue weighted by molar-refractivity contribution is 6.15. The molecule has 0 spiro atoms. The van der Waals surface area contributed by atoms with Crippen LogP contribution >= 0.6 is 0 Å². The summed E-state index contributed by atoms with van der Waals surface area (Å²) in [6, 6.07) is 27.1. The number of hydrogen-bond acceptors (Lipinski definition) is 0. The molecule has 0 unspecified atom stereocenters. The van der Waals surface area contributed by atoms with Crippen molar-refractivity contribution in [3.05, 3.63) is 83.9 Å². The van der Waals surface area contributed by atoms with Gasteiger partial charge in [-0.05, 0) is 64.6 Å². The van der Waals surface area contributed by atoms with Gasteiger partial charge in [0.05, 0.1) is 0 Å². The quantitative estimate of drug-likeness (QED) is 0.322. The van der Waals surface area contributed by atoms with Crippen molar-refractivity contribution >= 4 is 32.6 Å². The third kappa shape index (κ3) is 1.70. The Hall–Kier alpha value is -3.06. The van der Waals surface area contributed by atoms with E-state index in [1.807, 2.05) is 0 Å². The van der Waals surface area contributed by atoms with E-state index in [2.05, 4.69) is 84.3 Å². The van der Waals surface area contributed by atoms with Crippen LogP contribution < -0.4 is 0 Å². The second-order valence-corrected chi connectivity index (χ2v) is 7.29. The molecular formula is C25H19N. The van der Waals surface area contributed by atoms with Gasteiger partial charge >= 0.3 is 0 Å². The minimum Gasteiger partial charge on any atom is -0.341 e. The topological polar surface area (TPSA) is 4.93 Å². The molecule has 26 heavy (non-hydrogen) atoms. The minimum atomic E-state index is 0.989. The summed E-state index contributed by atoms with van der Waals surface area (Å²) in [6.07, 6.45) is 1.05. The van der Waals surface area contributed by atoms with E-state index in [0.29, 0.717) is 0 Å². The molecule has 1 nitrogen and oxygen atoms in total. The van der Waals surface area contributed by atoms with Crippen molar-refractivity contribution in [2.24, 2.45) is 0 Å². The highest BCUT2D eigenvalue weighted by Crippen LogP contribution is 2.43. The van der Waals surface area contributed by atoms with Crippen molar-refractivity contribution in [1.29, 1.82) is 0 Å². The van der Waals surface area contributed by atoms with Crippen LogP contribution in [-0.2, 0) is 13.0 Å². The van der Waals surface area contributed by atoms with Crippen molar-refractivity contribution < 1.29 is 0 Å². The predicted molar refractivity (Wildman–Crippen MR) is 111 cm³/mol. The van der Waals surface area contributed by atoms with Gasteiger partial charge in [0, 0.05) is 28.4 Å². The van der Waals surface area contributed by atoms with Gasteiger partial charge in [0.25, 0.3) is 0 Å². The van der Waals surface area contributed by atoms with E-state index in [4.69, 9.17) is 0 Å². The summed E-state index contributed by atoms with van der Waals surface area (Å²) in [6.45, 7) is 3.22. The fourth-order valence-corrected chi connectivity index (χ4v) is 4.84. The molecule has 124 valence electrons. The maximum absolute atomic E-state index is 2.44. The zero-order valence-electron chi connectivity index (χ0n) is 14.8. The van der Waals surface area contributed by atoms with Gasteiger partial charge in [-0.15, -0.1) is 0 Å². The maximum atomic E-state index is 2.44. The van der Waals surface area contributed by atoms with Gasteiger partial charge in [0.2, 0.25) is 0 Å². The summed E-state index contributed by atoms with van der Waals surface area (Å²) >= 11 is 0. The highest BCUT2D eigenvalue weighted by atomic mass is 15.0. The monoisotopic (exact) mass is 333 g/mol. The largest absolute Gasteiger partial charge is 0.341 e. The number of aryl methyl sites for hydroxylation is 1. The normalized spacial score (nSPS) is 12.8. The molecule has 1 aliphatic rings. The predicted octanol–water partition coefficient (Wildman–Crippen LogP) is 6.54. The van der Waals surface area contributed by atoms with E-state index < -0.39 is 0 Å². The lowest BCUT2D eigenvalue weighted by Gasteiger charge is -2.09. The molecule has 1 heterocycles. The summed E-state index contributed by atoms with van der Waals surface area (Å²) < 4.78 is 2.44. The van der Waals surface area contributed by atoms with Crippen LogP contribution in [0.2, 0.25) is 0 Å². The first kappa shape index (κ1) is 14.1. The molecule has 6 rings (SSSR count). The maximum Gasteiger partial charge on any atom is 0.0497 e. The lowest BCUT2D eigenvalue weighted by Crippen LogP contribution is -1.93. The third-order valence-corrected chi connectivity index (χ3v) is 5.98. The Balaban J connectivity index is 1.80. The summed E-state index contributed by atoms with van der Waals surface area (Å²) in [5, 5.41) is 5.45. The third-order valence-electron chi connectivity index (χ3n) is 5.98. The van der Waals surface area contributed by atoms with E-state index in [1.54, 1.807) is 0 Å². The molecule has 0 fully saturated rings. The van der Waals surface area contributed by atoms with Gasteiger partial charge in [-0.3, -0.25) is 0 Å². The number of aromatic nitrogens is 1. The Kier molecular flexibility index (Phi) is 2.71. The first-order valence-corrected chi connectivity index (χ1v) is 9.40. The standard InChI is InChI=1S/C25H19N/c1-2-26-23-10-6-5-9-20(23)22-15-21-17(14-24(22)26)11-12-18-13-16-7-3-4-8-19(16)25(18)21/h3-12,14-15H,2,13H2,1H3. The van der Waals surface area contributed by atoms with Gasteiger partial charge in [-0.2, -0.15) is 0 Å². The molecule has 0 bridgehead atoms. The second-order valence-electron chi connectivity index (χ2n) is 7.29. The summed E-state index contributed by atoms with van der Waals surface area (Å²) in [4.78, 5) is 0. The molecule has 0 amide bonds. The van der Waals surface area contributed by atoms with E-state index in [9.17, 15) is 0 Å². The average molecular weight is 333 g/mol. The molecule has 0 atom stereocenters. The SMILES string of the molecule is CCn1c2ccccc2c2cc3c4c(ccc3cc21)Cc1ccccc1-4. The van der Waals surface area contributed by atoms with Gasteiger partial charge in [0.15, 0.2) is 0 Å². The fourth-order valence-electron chi connectivity index (χ4n) is 4.84. The van der Waals surface area contributed by atoms with Crippen LogP contribution in [0, 0.1) is 0 Å². The van der Waals surface area contributed by atoms with Crippen molar-refractivity contribution in [1.82, 2.24) is 4.57 Å². The average Bonchev–Trinajstić information content (AvgIpc) is 3.21. The molecule has 0 N–H and O–H groups in total. The molecule has 0 radical (unpaired) electrons. The lowest BCUT2D eigenvalue weighted by molar-refractivity contribution is 0.827. The number of nitrogens with zero attached hydrogens (tertiary/aromatic N) is 1.